The second-order valence-electron chi connectivity index (χ2n) is 3.99. The van der Waals surface area contributed by atoms with E-state index in [9.17, 15) is 0 Å². The maximum atomic E-state index is 5.85. The van der Waals surface area contributed by atoms with E-state index < -0.39 is 3.79 Å². The van der Waals surface area contributed by atoms with Crippen molar-refractivity contribution in [1.82, 2.24) is 4.98 Å². The highest BCUT2D eigenvalue weighted by atomic mass is 35.6. The molecule has 0 aliphatic carbocycles. The highest BCUT2D eigenvalue weighted by molar-refractivity contribution is 6.66. The molecular weight excluding hydrogens is 360 g/mol. The van der Waals surface area contributed by atoms with Gasteiger partial charge >= 0.3 is 0 Å². The van der Waals surface area contributed by atoms with Gasteiger partial charge in [-0.15, -0.1) is 0 Å². The zero-order valence-corrected chi connectivity index (χ0v) is 13.7. The van der Waals surface area contributed by atoms with E-state index in [0.717, 1.165) is 5.76 Å². The van der Waals surface area contributed by atoms with Crippen molar-refractivity contribution in [3.05, 3.63) is 47.0 Å². The van der Waals surface area contributed by atoms with E-state index in [1.54, 1.807) is 12.3 Å². The summed E-state index contributed by atoms with van der Waals surface area (Å²) >= 11 is 23.2. The molecule has 0 aliphatic rings. The lowest BCUT2D eigenvalue weighted by Gasteiger charge is -2.13. The van der Waals surface area contributed by atoms with Gasteiger partial charge in [-0.2, -0.15) is 0 Å². The normalized spacial score (nSPS) is 11.6. The molecule has 0 fully saturated rings. The van der Waals surface area contributed by atoms with Crippen LogP contribution in [0.1, 0.15) is 11.3 Å². The first-order chi connectivity index (χ1) is 9.95. The predicted molar refractivity (Wildman–Crippen MR) is 82.3 cm³/mol. The van der Waals surface area contributed by atoms with Crippen LogP contribution >= 0.6 is 46.4 Å². The number of hydrogen-bond donors (Lipinski definition) is 0. The Balaban J connectivity index is 1.81. The Bertz CT molecular complexity index is 569. The highest BCUT2D eigenvalue weighted by Gasteiger charge is 2.24. The van der Waals surface area contributed by atoms with E-state index in [-0.39, 0.29) is 17.6 Å². The average Bonchev–Trinajstić information content (AvgIpc) is 2.90. The van der Waals surface area contributed by atoms with Crippen molar-refractivity contribution < 1.29 is 13.9 Å². The molecule has 0 aromatic carbocycles. The summed E-state index contributed by atoms with van der Waals surface area (Å²) in [4.78, 5) is 3.99. The number of nitrogens with zero attached hydrogens (tertiary/aromatic N) is 1. The Labute approximate surface area is 141 Å². The van der Waals surface area contributed by atoms with Gasteiger partial charge in [-0.3, -0.25) is 0 Å². The summed E-state index contributed by atoms with van der Waals surface area (Å²) < 4.78 is 14.3. The van der Waals surface area contributed by atoms with E-state index in [0.29, 0.717) is 18.8 Å². The zero-order valence-electron chi connectivity index (χ0n) is 10.7. The molecule has 4 nitrogen and oxygen atoms in total. The minimum Gasteiger partial charge on any atom is -0.475 e. The topological polar surface area (TPSA) is 44.5 Å². The van der Waals surface area contributed by atoms with E-state index in [1.807, 2.05) is 6.07 Å². The number of hydrogen-bond acceptors (Lipinski definition) is 4. The molecular formula is C13H11Cl4NO3. The van der Waals surface area contributed by atoms with Gasteiger partial charge in [-0.05, 0) is 18.2 Å². The number of furan rings is 1. The standard InChI is InChI=1S/C13H11Cl4NO3/c14-11-6-9(13(15,16)17)7-12(18-11)21-5-4-19-8-10-2-1-3-20-10/h1-3,6-7H,4-5,8H2. The summed E-state index contributed by atoms with van der Waals surface area (Å²) in [5, 5.41) is 0.185. The summed E-state index contributed by atoms with van der Waals surface area (Å²) in [6.07, 6.45) is 1.59. The Morgan fingerprint density at radius 2 is 2.00 bits per heavy atom. The Hall–Kier alpha value is -0.650. The van der Waals surface area contributed by atoms with Gasteiger partial charge in [0, 0.05) is 11.6 Å². The van der Waals surface area contributed by atoms with Gasteiger partial charge in [0.2, 0.25) is 9.67 Å². The van der Waals surface area contributed by atoms with Crippen molar-refractivity contribution in [1.29, 1.82) is 0 Å². The largest absolute Gasteiger partial charge is 0.475 e. The van der Waals surface area contributed by atoms with Crippen molar-refractivity contribution in [3.8, 4) is 5.88 Å². The third-order valence-corrected chi connectivity index (χ3v) is 3.25. The fraction of sp³-hybridized carbons (Fsp3) is 0.308. The molecule has 0 spiro atoms. The minimum atomic E-state index is -1.58. The summed E-state index contributed by atoms with van der Waals surface area (Å²) in [5.41, 5.74) is 0.388. The van der Waals surface area contributed by atoms with Crippen molar-refractivity contribution in [3.63, 3.8) is 0 Å². The molecule has 0 unspecified atom stereocenters. The first kappa shape index (κ1) is 16.7. The lowest BCUT2D eigenvalue weighted by Crippen LogP contribution is -2.09. The van der Waals surface area contributed by atoms with Gasteiger partial charge in [0.05, 0.1) is 12.9 Å². The van der Waals surface area contributed by atoms with Crippen molar-refractivity contribution in [2.75, 3.05) is 13.2 Å². The van der Waals surface area contributed by atoms with Crippen LogP contribution in [-0.4, -0.2) is 18.2 Å². The summed E-state index contributed by atoms with van der Waals surface area (Å²) in [5.74, 6) is 1.01. The third-order valence-electron chi connectivity index (χ3n) is 2.40. The fourth-order valence-electron chi connectivity index (χ4n) is 1.48. The van der Waals surface area contributed by atoms with Gasteiger partial charge in [0.25, 0.3) is 0 Å². The molecule has 2 aromatic heterocycles. The molecule has 0 atom stereocenters. The minimum absolute atomic E-state index is 0.185. The molecule has 114 valence electrons. The average molecular weight is 371 g/mol. The van der Waals surface area contributed by atoms with Crippen LogP contribution < -0.4 is 4.74 Å². The third kappa shape index (κ3) is 5.57. The molecule has 0 bridgehead atoms. The molecule has 2 aromatic rings. The molecule has 0 N–H and O–H groups in total. The number of halogens is 4. The molecule has 8 heteroatoms. The van der Waals surface area contributed by atoms with Gasteiger partial charge in [0.1, 0.15) is 24.1 Å². The van der Waals surface area contributed by atoms with Crippen LogP contribution in [0, 0.1) is 0 Å². The molecule has 21 heavy (non-hydrogen) atoms. The first-order valence-corrected chi connectivity index (χ1v) is 7.44. The lowest BCUT2D eigenvalue weighted by molar-refractivity contribution is 0.0769. The number of ether oxygens (including phenoxy) is 2. The van der Waals surface area contributed by atoms with Crippen LogP contribution in [0.25, 0.3) is 0 Å². The van der Waals surface area contributed by atoms with E-state index in [1.165, 1.54) is 12.1 Å². The molecule has 2 heterocycles. The maximum Gasteiger partial charge on any atom is 0.216 e. The van der Waals surface area contributed by atoms with Crippen LogP contribution in [0.15, 0.2) is 34.9 Å². The van der Waals surface area contributed by atoms with Gasteiger partial charge in [-0.1, -0.05) is 46.4 Å². The molecule has 0 saturated heterocycles. The number of rotatable bonds is 6. The quantitative estimate of drug-likeness (QED) is 0.418. The van der Waals surface area contributed by atoms with E-state index >= 15 is 0 Å². The summed E-state index contributed by atoms with van der Waals surface area (Å²) in [6, 6.07) is 6.61. The van der Waals surface area contributed by atoms with Crippen molar-refractivity contribution >= 4 is 46.4 Å². The smallest absolute Gasteiger partial charge is 0.216 e. The van der Waals surface area contributed by atoms with E-state index in [2.05, 4.69) is 4.98 Å². The van der Waals surface area contributed by atoms with Gasteiger partial charge in [0.15, 0.2) is 0 Å². The van der Waals surface area contributed by atoms with Crippen molar-refractivity contribution in [2.45, 2.75) is 10.4 Å². The maximum absolute atomic E-state index is 5.85. The molecule has 0 radical (unpaired) electrons. The molecule has 2 rings (SSSR count). The second-order valence-corrected chi connectivity index (χ2v) is 6.66. The zero-order chi connectivity index (χ0) is 15.3. The predicted octanol–water partition coefficient (Wildman–Crippen LogP) is 4.75. The Kier molecular flexibility index (Phi) is 6.02. The van der Waals surface area contributed by atoms with Gasteiger partial charge in [-0.25, -0.2) is 4.98 Å². The Morgan fingerprint density at radius 3 is 2.67 bits per heavy atom. The number of pyridine rings is 1. The molecule has 0 aliphatic heterocycles. The second kappa shape index (κ2) is 7.56. The van der Waals surface area contributed by atoms with Crippen molar-refractivity contribution in [2.24, 2.45) is 0 Å². The highest BCUT2D eigenvalue weighted by Crippen LogP contribution is 2.39. The van der Waals surface area contributed by atoms with Gasteiger partial charge < -0.3 is 13.9 Å². The van der Waals surface area contributed by atoms with Crippen LogP contribution in [-0.2, 0) is 15.1 Å². The van der Waals surface area contributed by atoms with Crippen LogP contribution in [0.2, 0.25) is 5.15 Å². The monoisotopic (exact) mass is 369 g/mol. The number of alkyl halides is 3. The number of aromatic nitrogens is 1. The summed E-state index contributed by atoms with van der Waals surface area (Å²) in [7, 11) is 0. The molecule has 0 saturated carbocycles. The van der Waals surface area contributed by atoms with Crippen LogP contribution in [0.4, 0.5) is 0 Å². The summed E-state index contributed by atoms with van der Waals surface area (Å²) in [6.45, 7) is 1.02. The first-order valence-electron chi connectivity index (χ1n) is 5.93. The molecule has 0 amide bonds. The SMILES string of the molecule is Clc1cc(C(Cl)(Cl)Cl)cc(OCCOCc2ccco2)n1. The van der Waals surface area contributed by atoms with Crippen LogP contribution in [0.5, 0.6) is 5.88 Å². The fourth-order valence-corrected chi connectivity index (χ4v) is 2.01. The van der Waals surface area contributed by atoms with Crippen LogP contribution in [0.3, 0.4) is 0 Å². The lowest BCUT2D eigenvalue weighted by atomic mass is 10.3. The van der Waals surface area contributed by atoms with E-state index in [4.69, 9.17) is 60.3 Å². The Morgan fingerprint density at radius 1 is 1.19 bits per heavy atom.